The molecule has 0 atom stereocenters. The fourth-order valence-corrected chi connectivity index (χ4v) is 0.967. The van der Waals surface area contributed by atoms with Crippen molar-refractivity contribution in [3.8, 4) is 0 Å². The Balaban J connectivity index is 2.82. The molecule has 0 aromatic carbocycles. The van der Waals surface area contributed by atoms with Gasteiger partial charge in [0, 0.05) is 11.5 Å². The number of hydrogen-bond donors (Lipinski definition) is 1. The predicted octanol–water partition coefficient (Wildman–Crippen LogP) is 0.815. The normalized spacial score (nSPS) is 8.56. The number of isothiocyanates is 1. The molecule has 0 spiro atoms. The maximum atomic E-state index is 8.34. The first kappa shape index (κ1) is 9.11. The molecule has 9 heavy (non-hydrogen) atoms. The second-order valence-electron chi connectivity index (χ2n) is 1.31. The SMILES string of the molecule is OCCSCCN=C=S. The summed E-state index contributed by atoms with van der Waals surface area (Å²) in [7, 11) is 0. The molecule has 4 heteroatoms. The van der Waals surface area contributed by atoms with Crippen LogP contribution in [-0.4, -0.2) is 34.9 Å². The maximum absolute atomic E-state index is 8.34. The van der Waals surface area contributed by atoms with Gasteiger partial charge in [-0.15, -0.1) is 0 Å². The summed E-state index contributed by atoms with van der Waals surface area (Å²) in [5, 5.41) is 10.6. The number of aliphatic hydroxyl groups excluding tert-OH is 1. The molecule has 0 heterocycles. The van der Waals surface area contributed by atoms with Gasteiger partial charge in [-0.2, -0.15) is 11.8 Å². The summed E-state index contributed by atoms with van der Waals surface area (Å²) in [6.07, 6.45) is 0. The van der Waals surface area contributed by atoms with Crippen molar-refractivity contribution in [2.45, 2.75) is 0 Å². The van der Waals surface area contributed by atoms with Crippen LogP contribution in [0.5, 0.6) is 0 Å². The van der Waals surface area contributed by atoms with E-state index in [9.17, 15) is 0 Å². The van der Waals surface area contributed by atoms with E-state index < -0.39 is 0 Å². The van der Waals surface area contributed by atoms with Crippen LogP contribution < -0.4 is 0 Å². The zero-order chi connectivity index (χ0) is 6.95. The molecule has 0 aromatic rings. The Bertz CT molecular complexity index is 101. The average Bonchev–Trinajstić information content (AvgIpc) is 1.89. The van der Waals surface area contributed by atoms with Gasteiger partial charge in [0.1, 0.15) is 0 Å². The minimum Gasteiger partial charge on any atom is -0.396 e. The number of rotatable bonds is 5. The first-order valence-electron chi connectivity index (χ1n) is 2.64. The number of aliphatic hydroxyl groups is 1. The molecule has 0 unspecified atom stereocenters. The van der Waals surface area contributed by atoms with E-state index in [2.05, 4.69) is 22.4 Å². The molecule has 0 radical (unpaired) electrons. The Hall–Kier alpha value is 0.110. The number of thiocarbonyl (C=S) groups is 1. The molecule has 0 saturated heterocycles. The Morgan fingerprint density at radius 3 is 2.89 bits per heavy atom. The van der Waals surface area contributed by atoms with Crippen molar-refractivity contribution in [2.75, 3.05) is 24.7 Å². The highest BCUT2D eigenvalue weighted by atomic mass is 32.2. The first-order chi connectivity index (χ1) is 4.41. The zero-order valence-corrected chi connectivity index (χ0v) is 6.67. The van der Waals surface area contributed by atoms with Crippen LogP contribution in [0.15, 0.2) is 4.99 Å². The molecule has 0 saturated carbocycles. The van der Waals surface area contributed by atoms with Crippen molar-refractivity contribution in [1.29, 1.82) is 0 Å². The summed E-state index contributed by atoms with van der Waals surface area (Å²) in [5.74, 6) is 1.71. The lowest BCUT2D eigenvalue weighted by Gasteiger charge is -1.91. The lowest BCUT2D eigenvalue weighted by molar-refractivity contribution is 0.322. The van der Waals surface area contributed by atoms with Crippen LogP contribution in [0.4, 0.5) is 0 Å². The summed E-state index contributed by atoms with van der Waals surface area (Å²) in [4.78, 5) is 3.71. The van der Waals surface area contributed by atoms with E-state index in [0.29, 0.717) is 6.54 Å². The molecule has 0 aliphatic carbocycles. The summed E-state index contributed by atoms with van der Waals surface area (Å²) >= 11 is 6.02. The van der Waals surface area contributed by atoms with Gasteiger partial charge >= 0.3 is 0 Å². The molecule has 0 aliphatic heterocycles. The Kier molecular flexibility index (Phi) is 8.21. The molecule has 0 aliphatic rings. The predicted molar refractivity (Wildman–Crippen MR) is 44.3 cm³/mol. The molecule has 0 rings (SSSR count). The van der Waals surface area contributed by atoms with Crippen molar-refractivity contribution in [2.24, 2.45) is 4.99 Å². The van der Waals surface area contributed by atoms with Gasteiger partial charge in [-0.1, -0.05) is 0 Å². The molecule has 0 aromatic heterocycles. The molecule has 2 nitrogen and oxygen atoms in total. The lowest BCUT2D eigenvalue weighted by atomic mass is 10.8. The average molecular weight is 163 g/mol. The molecular weight excluding hydrogens is 154 g/mol. The van der Waals surface area contributed by atoms with Gasteiger partial charge in [-0.05, 0) is 12.2 Å². The van der Waals surface area contributed by atoms with Gasteiger partial charge in [0.15, 0.2) is 0 Å². The van der Waals surface area contributed by atoms with E-state index in [1.807, 2.05) is 0 Å². The minimum absolute atomic E-state index is 0.242. The number of nitrogens with zero attached hydrogens (tertiary/aromatic N) is 1. The van der Waals surface area contributed by atoms with Crippen LogP contribution in [0.2, 0.25) is 0 Å². The molecule has 0 fully saturated rings. The molecule has 0 amide bonds. The van der Waals surface area contributed by atoms with Crippen LogP contribution in [0.3, 0.4) is 0 Å². The van der Waals surface area contributed by atoms with Crippen LogP contribution in [0.25, 0.3) is 0 Å². The summed E-state index contributed by atoms with van der Waals surface area (Å²) in [5.41, 5.74) is 0. The molecule has 52 valence electrons. The summed E-state index contributed by atoms with van der Waals surface area (Å²) in [6.45, 7) is 0.958. The van der Waals surface area contributed by atoms with E-state index in [1.54, 1.807) is 11.8 Å². The first-order valence-corrected chi connectivity index (χ1v) is 4.20. The fourth-order valence-electron chi connectivity index (χ4n) is 0.322. The van der Waals surface area contributed by atoms with Gasteiger partial charge < -0.3 is 5.11 Å². The third-order valence-electron chi connectivity index (χ3n) is 0.648. The van der Waals surface area contributed by atoms with Crippen molar-refractivity contribution in [3.05, 3.63) is 0 Å². The van der Waals surface area contributed by atoms with Crippen LogP contribution in [-0.2, 0) is 0 Å². The zero-order valence-electron chi connectivity index (χ0n) is 5.04. The number of thioether (sulfide) groups is 1. The monoisotopic (exact) mass is 163 g/mol. The number of hydrogen-bond acceptors (Lipinski definition) is 4. The Morgan fingerprint density at radius 1 is 1.56 bits per heavy atom. The minimum atomic E-state index is 0.242. The largest absolute Gasteiger partial charge is 0.396 e. The van der Waals surface area contributed by atoms with Crippen molar-refractivity contribution in [3.63, 3.8) is 0 Å². The summed E-state index contributed by atoms with van der Waals surface area (Å²) < 4.78 is 0. The van der Waals surface area contributed by atoms with Crippen LogP contribution >= 0.6 is 24.0 Å². The van der Waals surface area contributed by atoms with Gasteiger partial charge in [0.05, 0.1) is 18.3 Å². The second-order valence-corrected chi connectivity index (χ2v) is 2.72. The highest BCUT2D eigenvalue weighted by Gasteiger charge is 1.83. The Morgan fingerprint density at radius 2 is 2.33 bits per heavy atom. The van der Waals surface area contributed by atoms with Crippen LogP contribution in [0.1, 0.15) is 0 Å². The maximum Gasteiger partial charge on any atom is 0.0585 e. The molecular formula is C5H9NOS2. The van der Waals surface area contributed by atoms with Crippen LogP contribution in [0, 0.1) is 0 Å². The van der Waals surface area contributed by atoms with E-state index in [4.69, 9.17) is 5.11 Å². The lowest BCUT2D eigenvalue weighted by Crippen LogP contribution is -1.90. The third-order valence-corrected chi connectivity index (χ3v) is 1.72. The second kappa shape index (κ2) is 8.11. The smallest absolute Gasteiger partial charge is 0.0585 e. The van der Waals surface area contributed by atoms with Crippen molar-refractivity contribution >= 4 is 29.1 Å². The van der Waals surface area contributed by atoms with E-state index in [-0.39, 0.29) is 6.61 Å². The van der Waals surface area contributed by atoms with Gasteiger partial charge in [0.25, 0.3) is 0 Å². The van der Waals surface area contributed by atoms with Crippen molar-refractivity contribution in [1.82, 2.24) is 0 Å². The highest BCUT2D eigenvalue weighted by Crippen LogP contribution is 1.96. The highest BCUT2D eigenvalue weighted by molar-refractivity contribution is 7.99. The van der Waals surface area contributed by atoms with Gasteiger partial charge in [-0.25, -0.2) is 4.99 Å². The Labute approximate surface area is 64.4 Å². The van der Waals surface area contributed by atoms with E-state index in [1.165, 1.54) is 0 Å². The van der Waals surface area contributed by atoms with Gasteiger partial charge in [-0.3, -0.25) is 0 Å². The molecule has 0 bridgehead atoms. The van der Waals surface area contributed by atoms with E-state index in [0.717, 1.165) is 11.5 Å². The molecule has 1 N–H and O–H groups in total. The van der Waals surface area contributed by atoms with Gasteiger partial charge in [0.2, 0.25) is 0 Å². The third kappa shape index (κ3) is 8.11. The van der Waals surface area contributed by atoms with E-state index >= 15 is 0 Å². The fraction of sp³-hybridized carbons (Fsp3) is 0.800. The summed E-state index contributed by atoms with van der Waals surface area (Å²) in [6, 6.07) is 0. The van der Waals surface area contributed by atoms with Crippen molar-refractivity contribution < 1.29 is 5.11 Å². The topological polar surface area (TPSA) is 32.6 Å². The standard InChI is InChI=1S/C5H9NOS2/c7-2-4-9-3-1-6-5-8/h7H,1-4H2. The number of aliphatic imine (C=N–C) groups is 1. The quantitative estimate of drug-likeness (QED) is 0.370.